The molecule has 0 fully saturated rings. The Balaban J connectivity index is 4.27. The molecule has 0 amide bonds. The lowest BCUT2D eigenvalue weighted by Crippen LogP contribution is -2.86. The molecule has 0 N–H and O–H groups in total. The zero-order valence-electron chi connectivity index (χ0n) is 13.9. The minimum absolute atomic E-state index is 0.0951. The monoisotopic (exact) mass is 458 g/mol. The lowest BCUT2D eigenvalue weighted by atomic mass is 9.67. The van der Waals surface area contributed by atoms with E-state index in [1.54, 1.807) is 0 Å². The lowest BCUT2D eigenvalue weighted by molar-refractivity contribution is -0.976. The van der Waals surface area contributed by atoms with E-state index in [0.29, 0.717) is 0 Å². The first-order valence-electron chi connectivity index (χ1n) is 7.05. The van der Waals surface area contributed by atoms with Gasteiger partial charge in [-0.15, -0.1) is 0 Å². The number of carbonyl (C=O) groups is 1. The highest BCUT2D eigenvalue weighted by atomic mass is 35.5. The van der Waals surface area contributed by atoms with E-state index >= 15 is 0 Å². The maximum Gasteiger partial charge on any atom is 0.675 e. The van der Waals surface area contributed by atoms with E-state index in [9.17, 15) is 65.5 Å². The Morgan fingerprint density at radius 2 is 1.33 bits per heavy atom. The molecule has 1 aliphatic carbocycles. The van der Waals surface area contributed by atoms with Crippen LogP contribution < -0.4 is 0 Å². The standard InChI is InChI=1S/C9H7ClN6O14/c10-6(17)30-4-3-7(12(20)21)2-1-5(11(18)19)8(13(22)23,14(24)25)9(7,15(26)27)16(28)29/h1-2,5H,3-4H2. The molecule has 2 atom stereocenters. The minimum atomic E-state index is -5.05. The first kappa shape index (κ1) is 23.9. The summed E-state index contributed by atoms with van der Waals surface area (Å²) < 4.78 is 4.11. The van der Waals surface area contributed by atoms with Crippen LogP contribution in [0.2, 0.25) is 0 Å². The van der Waals surface area contributed by atoms with Crippen molar-refractivity contribution >= 4 is 17.0 Å². The Kier molecular flexibility index (Phi) is 6.17. The summed E-state index contributed by atoms with van der Waals surface area (Å²) in [5.41, 5.74) is -15.6. The smallest absolute Gasteiger partial charge is 0.453 e. The van der Waals surface area contributed by atoms with Crippen molar-refractivity contribution in [2.45, 2.75) is 29.3 Å². The highest BCUT2D eigenvalue weighted by molar-refractivity contribution is 6.61. The molecule has 20 nitrogen and oxygen atoms in total. The lowest BCUT2D eigenvalue weighted by Gasteiger charge is -2.33. The van der Waals surface area contributed by atoms with Crippen LogP contribution in [-0.4, -0.2) is 64.5 Å². The van der Waals surface area contributed by atoms with Crippen LogP contribution >= 0.6 is 11.6 Å². The predicted octanol–water partition coefficient (Wildman–Crippen LogP) is -0.518. The van der Waals surface area contributed by atoms with Gasteiger partial charge in [0.25, 0.3) is 0 Å². The van der Waals surface area contributed by atoms with E-state index in [-0.39, 0.29) is 12.2 Å². The summed E-state index contributed by atoms with van der Waals surface area (Å²) in [5.74, 6) is 0. The van der Waals surface area contributed by atoms with Crippen molar-refractivity contribution in [2.24, 2.45) is 0 Å². The van der Waals surface area contributed by atoms with E-state index in [0.717, 1.165) is 0 Å². The van der Waals surface area contributed by atoms with Crippen LogP contribution in [0, 0.1) is 60.7 Å². The van der Waals surface area contributed by atoms with Crippen molar-refractivity contribution in [1.82, 2.24) is 0 Å². The third-order valence-corrected chi connectivity index (χ3v) is 4.53. The highest BCUT2D eigenvalue weighted by Crippen LogP contribution is 2.49. The molecule has 0 bridgehead atoms. The van der Waals surface area contributed by atoms with E-state index in [4.69, 9.17) is 11.6 Å². The third-order valence-electron chi connectivity index (χ3n) is 4.42. The molecule has 30 heavy (non-hydrogen) atoms. The second-order valence-electron chi connectivity index (χ2n) is 5.53. The number of carbonyl (C=O) groups excluding carboxylic acids is 1. The summed E-state index contributed by atoms with van der Waals surface area (Å²) >= 11 is 4.82. The van der Waals surface area contributed by atoms with Gasteiger partial charge in [-0.3, -0.25) is 60.7 Å². The molecule has 0 aromatic carbocycles. The zero-order valence-corrected chi connectivity index (χ0v) is 14.7. The summed E-state index contributed by atoms with van der Waals surface area (Å²) in [6.07, 6.45) is -1.80. The van der Waals surface area contributed by atoms with Gasteiger partial charge in [-0.2, -0.15) is 0 Å². The van der Waals surface area contributed by atoms with Crippen molar-refractivity contribution in [3.63, 3.8) is 0 Å². The van der Waals surface area contributed by atoms with E-state index in [2.05, 4.69) is 4.74 Å². The van der Waals surface area contributed by atoms with Crippen LogP contribution in [0.15, 0.2) is 12.2 Å². The molecule has 0 aromatic rings. The molecule has 0 aliphatic heterocycles. The SMILES string of the molecule is O=C(Cl)OCCC1([N+](=O)[O-])C=CC([N+](=O)[O-])C([N+](=O)[O-])([N+](=O)[O-])C1([N+](=O)[O-])[N+](=O)[O-]. The number of nitro groups is 6. The number of nitrogens with zero attached hydrogens (tertiary/aromatic N) is 6. The molecule has 0 heterocycles. The number of halogens is 1. The van der Waals surface area contributed by atoms with Gasteiger partial charge in [0.15, 0.2) is 0 Å². The Bertz CT molecular complexity index is 859. The second kappa shape index (κ2) is 7.73. The predicted molar refractivity (Wildman–Crippen MR) is 84.9 cm³/mol. The zero-order chi connectivity index (χ0) is 23.7. The summed E-state index contributed by atoms with van der Waals surface area (Å²) in [4.78, 5) is 67.7. The van der Waals surface area contributed by atoms with Crippen LogP contribution in [-0.2, 0) is 4.74 Å². The largest absolute Gasteiger partial charge is 0.675 e. The van der Waals surface area contributed by atoms with Gasteiger partial charge in [-0.25, -0.2) is 4.79 Å². The van der Waals surface area contributed by atoms with Crippen LogP contribution in [0.3, 0.4) is 0 Å². The molecular formula is C9H7ClN6O14. The quantitative estimate of drug-likeness (QED) is 0.138. The summed E-state index contributed by atoms with van der Waals surface area (Å²) in [5, 5.41) is 69.8. The summed E-state index contributed by atoms with van der Waals surface area (Å²) in [6.45, 7) is -1.30. The highest BCUT2D eigenvalue weighted by Gasteiger charge is 3.09. The van der Waals surface area contributed by atoms with Crippen LogP contribution in [0.25, 0.3) is 0 Å². The average molecular weight is 459 g/mol. The van der Waals surface area contributed by atoms with Crippen molar-refractivity contribution in [1.29, 1.82) is 0 Å². The topological polar surface area (TPSA) is 285 Å². The Morgan fingerprint density at radius 1 is 0.867 bits per heavy atom. The van der Waals surface area contributed by atoms with Gasteiger partial charge in [-0.05, 0) is 0 Å². The van der Waals surface area contributed by atoms with Gasteiger partial charge in [0.2, 0.25) is 0 Å². The molecular weight excluding hydrogens is 452 g/mol. The van der Waals surface area contributed by atoms with Gasteiger partial charge in [0, 0.05) is 33.6 Å². The van der Waals surface area contributed by atoms with Crippen molar-refractivity contribution in [3.05, 3.63) is 72.8 Å². The van der Waals surface area contributed by atoms with Gasteiger partial charge in [0.05, 0.1) is 6.42 Å². The molecule has 2 unspecified atom stereocenters. The third kappa shape index (κ3) is 2.80. The Morgan fingerprint density at radius 3 is 1.63 bits per heavy atom. The van der Waals surface area contributed by atoms with E-state index in [1.165, 1.54) is 0 Å². The fourth-order valence-corrected chi connectivity index (χ4v) is 3.33. The molecule has 1 aliphatic rings. The van der Waals surface area contributed by atoms with Gasteiger partial charge in [0.1, 0.15) is 26.3 Å². The number of ether oxygens (including phenoxy) is 1. The first-order chi connectivity index (χ1) is 13.7. The minimum Gasteiger partial charge on any atom is -0.453 e. The van der Waals surface area contributed by atoms with E-state index in [1.807, 2.05) is 0 Å². The van der Waals surface area contributed by atoms with Crippen molar-refractivity contribution in [3.8, 4) is 0 Å². The molecule has 1 rings (SSSR count). The van der Waals surface area contributed by atoms with Crippen molar-refractivity contribution < 1.29 is 39.1 Å². The van der Waals surface area contributed by atoms with Crippen LogP contribution in [0.4, 0.5) is 4.79 Å². The first-order valence-corrected chi connectivity index (χ1v) is 7.43. The molecule has 0 radical (unpaired) electrons. The number of hydrogen-bond acceptors (Lipinski definition) is 14. The van der Waals surface area contributed by atoms with E-state index < -0.39 is 70.9 Å². The molecule has 0 spiro atoms. The molecule has 0 aromatic heterocycles. The maximum absolute atomic E-state index is 11.8. The average Bonchev–Trinajstić information content (AvgIpc) is 2.58. The van der Waals surface area contributed by atoms with Crippen LogP contribution in [0.1, 0.15) is 6.42 Å². The Labute approximate surface area is 165 Å². The molecule has 0 saturated heterocycles. The number of hydrogen-bond donors (Lipinski definition) is 0. The van der Waals surface area contributed by atoms with Crippen LogP contribution in [0.5, 0.6) is 0 Å². The maximum atomic E-state index is 11.8. The normalized spacial score (nSPS) is 23.7. The summed E-state index contributed by atoms with van der Waals surface area (Å²) in [7, 11) is 0. The molecule has 21 heteroatoms. The molecule has 0 saturated carbocycles. The number of rotatable bonds is 9. The summed E-state index contributed by atoms with van der Waals surface area (Å²) in [6, 6.07) is -3.36. The molecule has 164 valence electrons. The fraction of sp³-hybridized carbons (Fsp3) is 0.667. The van der Waals surface area contributed by atoms with Gasteiger partial charge >= 0.3 is 28.3 Å². The Hall–Kier alpha value is -4.10. The fourth-order valence-electron chi connectivity index (χ4n) is 3.26. The van der Waals surface area contributed by atoms with Crippen molar-refractivity contribution in [2.75, 3.05) is 6.61 Å². The van der Waals surface area contributed by atoms with Gasteiger partial charge < -0.3 is 4.74 Å². The van der Waals surface area contributed by atoms with Gasteiger partial charge in [-0.1, -0.05) is 0 Å². The second-order valence-corrected chi connectivity index (χ2v) is 5.84.